The number of halogens is 1. The third-order valence-corrected chi connectivity index (χ3v) is 3.50. The average molecular weight is 330 g/mol. The SMILES string of the molecule is CCN(CC)CCCC(C)Nc1nc(N)cc(Br)n1. The van der Waals surface area contributed by atoms with Crippen molar-refractivity contribution in [3.8, 4) is 0 Å². The van der Waals surface area contributed by atoms with Gasteiger partial charge < -0.3 is 16.0 Å². The molecule has 3 N–H and O–H groups in total. The lowest BCUT2D eigenvalue weighted by molar-refractivity contribution is 0.295. The molecular formula is C13H24BrN5. The molecule has 0 aliphatic heterocycles. The van der Waals surface area contributed by atoms with Crippen LogP contribution in [0.2, 0.25) is 0 Å². The maximum absolute atomic E-state index is 5.68. The number of hydrogen-bond acceptors (Lipinski definition) is 5. The minimum atomic E-state index is 0.337. The zero-order valence-corrected chi connectivity index (χ0v) is 13.6. The van der Waals surface area contributed by atoms with Crippen molar-refractivity contribution in [1.29, 1.82) is 0 Å². The number of anilines is 2. The molecule has 1 aromatic heterocycles. The topological polar surface area (TPSA) is 67.1 Å². The third-order valence-electron chi connectivity index (χ3n) is 3.10. The molecule has 5 nitrogen and oxygen atoms in total. The Morgan fingerprint density at radius 3 is 2.63 bits per heavy atom. The lowest BCUT2D eigenvalue weighted by atomic mass is 10.2. The first kappa shape index (κ1) is 16.2. The minimum Gasteiger partial charge on any atom is -0.383 e. The van der Waals surface area contributed by atoms with Gasteiger partial charge in [-0.1, -0.05) is 13.8 Å². The van der Waals surface area contributed by atoms with Crippen LogP contribution in [0, 0.1) is 0 Å². The Hall–Kier alpha value is -0.880. The molecule has 0 fully saturated rings. The molecule has 0 aromatic carbocycles. The summed E-state index contributed by atoms with van der Waals surface area (Å²) in [5.41, 5.74) is 5.68. The largest absolute Gasteiger partial charge is 0.383 e. The molecule has 1 heterocycles. The standard InChI is InChI=1S/C13H24BrN5/c1-4-19(5-2)8-6-7-10(3)16-13-17-11(14)9-12(15)18-13/h9-10H,4-8H2,1-3H3,(H3,15,16,17,18). The molecule has 1 atom stereocenters. The van der Waals surface area contributed by atoms with Gasteiger partial charge in [-0.2, -0.15) is 4.98 Å². The number of hydrogen-bond donors (Lipinski definition) is 2. The van der Waals surface area contributed by atoms with E-state index in [0.29, 0.717) is 22.4 Å². The lowest BCUT2D eigenvalue weighted by Crippen LogP contribution is -2.26. The number of nitrogens with one attached hydrogen (secondary N) is 1. The van der Waals surface area contributed by atoms with E-state index in [4.69, 9.17) is 5.73 Å². The average Bonchev–Trinajstić information content (AvgIpc) is 2.33. The van der Waals surface area contributed by atoms with Gasteiger partial charge in [0.1, 0.15) is 10.4 Å². The number of nitrogens with zero attached hydrogens (tertiary/aromatic N) is 3. The van der Waals surface area contributed by atoms with Crippen molar-refractivity contribution in [3.05, 3.63) is 10.7 Å². The normalized spacial score (nSPS) is 12.7. The molecule has 1 unspecified atom stereocenters. The lowest BCUT2D eigenvalue weighted by Gasteiger charge is -2.19. The summed E-state index contributed by atoms with van der Waals surface area (Å²) in [5, 5.41) is 3.28. The molecule has 19 heavy (non-hydrogen) atoms. The Balaban J connectivity index is 2.36. The Morgan fingerprint density at radius 2 is 2.05 bits per heavy atom. The van der Waals surface area contributed by atoms with Crippen LogP contribution in [0.1, 0.15) is 33.6 Å². The summed E-state index contributed by atoms with van der Waals surface area (Å²) in [7, 11) is 0. The fraction of sp³-hybridized carbons (Fsp3) is 0.692. The first-order valence-corrected chi connectivity index (χ1v) is 7.63. The van der Waals surface area contributed by atoms with Crippen molar-refractivity contribution in [2.24, 2.45) is 0 Å². The molecule has 0 spiro atoms. The van der Waals surface area contributed by atoms with E-state index in [1.165, 1.54) is 6.42 Å². The van der Waals surface area contributed by atoms with Crippen molar-refractivity contribution in [1.82, 2.24) is 14.9 Å². The minimum absolute atomic E-state index is 0.337. The smallest absolute Gasteiger partial charge is 0.225 e. The van der Waals surface area contributed by atoms with Gasteiger partial charge in [-0.25, -0.2) is 4.98 Å². The number of aromatic nitrogens is 2. The zero-order valence-electron chi connectivity index (χ0n) is 12.0. The van der Waals surface area contributed by atoms with Gasteiger partial charge in [-0.05, 0) is 55.3 Å². The zero-order chi connectivity index (χ0) is 14.3. The van der Waals surface area contributed by atoms with Gasteiger partial charge in [0.15, 0.2) is 0 Å². The highest BCUT2D eigenvalue weighted by Crippen LogP contribution is 2.14. The Morgan fingerprint density at radius 1 is 1.37 bits per heavy atom. The van der Waals surface area contributed by atoms with Crippen molar-refractivity contribution in [2.45, 2.75) is 39.7 Å². The highest BCUT2D eigenvalue weighted by atomic mass is 79.9. The summed E-state index contributed by atoms with van der Waals surface area (Å²) in [6.07, 6.45) is 2.26. The molecule has 0 aliphatic carbocycles. The second kappa shape index (κ2) is 8.32. The van der Waals surface area contributed by atoms with Crippen LogP contribution in [0.25, 0.3) is 0 Å². The fourth-order valence-electron chi connectivity index (χ4n) is 1.95. The summed E-state index contributed by atoms with van der Waals surface area (Å²) in [5.74, 6) is 1.06. The highest BCUT2D eigenvalue weighted by Gasteiger charge is 2.07. The van der Waals surface area contributed by atoms with E-state index in [2.05, 4.69) is 56.9 Å². The van der Waals surface area contributed by atoms with Crippen LogP contribution in [0.15, 0.2) is 10.7 Å². The van der Waals surface area contributed by atoms with Crippen molar-refractivity contribution >= 4 is 27.7 Å². The van der Waals surface area contributed by atoms with Crippen molar-refractivity contribution in [2.75, 3.05) is 30.7 Å². The maximum atomic E-state index is 5.68. The van der Waals surface area contributed by atoms with Crippen LogP contribution in [0.3, 0.4) is 0 Å². The number of rotatable bonds is 8. The summed E-state index contributed by atoms with van der Waals surface area (Å²) in [6, 6.07) is 2.03. The molecule has 0 bridgehead atoms. The van der Waals surface area contributed by atoms with E-state index in [9.17, 15) is 0 Å². The molecule has 1 rings (SSSR count). The van der Waals surface area contributed by atoms with E-state index in [1.54, 1.807) is 6.07 Å². The summed E-state index contributed by atoms with van der Waals surface area (Å²) in [4.78, 5) is 10.8. The van der Waals surface area contributed by atoms with Gasteiger partial charge >= 0.3 is 0 Å². The Kier molecular flexibility index (Phi) is 7.09. The highest BCUT2D eigenvalue weighted by molar-refractivity contribution is 9.10. The molecule has 6 heteroatoms. The Labute approximate surface area is 124 Å². The van der Waals surface area contributed by atoms with Crippen molar-refractivity contribution < 1.29 is 0 Å². The van der Waals surface area contributed by atoms with E-state index in [-0.39, 0.29) is 0 Å². The molecule has 108 valence electrons. The van der Waals surface area contributed by atoms with Crippen LogP contribution >= 0.6 is 15.9 Å². The molecule has 0 radical (unpaired) electrons. The van der Waals surface area contributed by atoms with Gasteiger partial charge in [-0.3, -0.25) is 0 Å². The molecule has 0 saturated carbocycles. The summed E-state index contributed by atoms with van der Waals surface area (Å²) in [6.45, 7) is 9.91. The number of nitrogens with two attached hydrogens (primary N) is 1. The van der Waals surface area contributed by atoms with Crippen LogP contribution in [0.5, 0.6) is 0 Å². The third kappa shape index (κ3) is 6.20. The second-order valence-electron chi connectivity index (χ2n) is 4.65. The molecule has 1 aromatic rings. The first-order valence-electron chi connectivity index (χ1n) is 6.84. The quantitative estimate of drug-likeness (QED) is 0.718. The summed E-state index contributed by atoms with van der Waals surface area (Å²) < 4.78 is 0.706. The van der Waals surface area contributed by atoms with Crippen LogP contribution in [-0.4, -0.2) is 40.5 Å². The fourth-order valence-corrected chi connectivity index (χ4v) is 2.36. The summed E-state index contributed by atoms with van der Waals surface area (Å²) >= 11 is 3.32. The molecular weight excluding hydrogens is 306 g/mol. The van der Waals surface area contributed by atoms with Crippen LogP contribution < -0.4 is 11.1 Å². The van der Waals surface area contributed by atoms with Crippen LogP contribution in [0.4, 0.5) is 11.8 Å². The first-order chi connectivity index (χ1) is 9.05. The monoisotopic (exact) mass is 329 g/mol. The van der Waals surface area contributed by atoms with E-state index >= 15 is 0 Å². The predicted molar refractivity (Wildman–Crippen MR) is 84.3 cm³/mol. The number of nitrogen functional groups attached to an aromatic ring is 1. The van der Waals surface area contributed by atoms with Gasteiger partial charge in [0, 0.05) is 12.1 Å². The van der Waals surface area contributed by atoms with Crippen LogP contribution in [-0.2, 0) is 0 Å². The van der Waals surface area contributed by atoms with Gasteiger partial charge in [-0.15, -0.1) is 0 Å². The van der Waals surface area contributed by atoms with Crippen molar-refractivity contribution in [3.63, 3.8) is 0 Å². The van der Waals surface area contributed by atoms with Gasteiger partial charge in [0.2, 0.25) is 5.95 Å². The van der Waals surface area contributed by atoms with E-state index < -0.39 is 0 Å². The molecule has 0 saturated heterocycles. The Bertz CT molecular complexity index is 361. The molecule has 0 aliphatic rings. The molecule has 0 amide bonds. The van der Waals surface area contributed by atoms with Gasteiger partial charge in [0.25, 0.3) is 0 Å². The maximum Gasteiger partial charge on any atom is 0.225 e. The van der Waals surface area contributed by atoms with E-state index in [1.807, 2.05) is 0 Å². The second-order valence-corrected chi connectivity index (χ2v) is 5.47. The predicted octanol–water partition coefficient (Wildman–Crippen LogP) is 2.74. The van der Waals surface area contributed by atoms with E-state index in [0.717, 1.165) is 26.1 Å². The van der Waals surface area contributed by atoms with Gasteiger partial charge in [0.05, 0.1) is 0 Å².